The van der Waals surface area contributed by atoms with E-state index in [1.165, 1.54) is 0 Å². The zero-order chi connectivity index (χ0) is 25.2. The molecule has 0 radical (unpaired) electrons. The highest BCUT2D eigenvalue weighted by Crippen LogP contribution is 2.37. The summed E-state index contributed by atoms with van der Waals surface area (Å²) >= 11 is 0. The highest BCUT2D eigenvalue weighted by Gasteiger charge is 2.33. The smallest absolute Gasteiger partial charge is 0.310 e. The molecule has 1 aliphatic carbocycles. The lowest BCUT2D eigenvalue weighted by atomic mass is 9.93. The molecule has 2 N–H and O–H groups in total. The molecule has 0 aromatic heterocycles. The van der Waals surface area contributed by atoms with Crippen molar-refractivity contribution < 1.29 is 29.3 Å². The molecule has 0 unspecified atom stereocenters. The van der Waals surface area contributed by atoms with Crippen LogP contribution in [-0.4, -0.2) is 41.0 Å². The molecule has 196 valence electrons. The van der Waals surface area contributed by atoms with Crippen molar-refractivity contribution in [2.45, 2.75) is 129 Å². The maximum Gasteiger partial charge on any atom is 0.310 e. The second-order valence-electron chi connectivity index (χ2n) is 9.41. The van der Waals surface area contributed by atoms with E-state index in [2.05, 4.69) is 13.8 Å². The number of hydrogen-bond donors (Lipinski definition) is 2. The summed E-state index contributed by atoms with van der Waals surface area (Å²) in [5.74, 6) is -0.0183. The van der Waals surface area contributed by atoms with Gasteiger partial charge < -0.3 is 19.7 Å². The number of esters is 2. The van der Waals surface area contributed by atoms with Gasteiger partial charge in [0.2, 0.25) is 0 Å². The third kappa shape index (κ3) is 12.7. The van der Waals surface area contributed by atoms with Gasteiger partial charge in [0.05, 0.1) is 18.8 Å². The molecule has 0 fully saturated rings. The quantitative estimate of drug-likeness (QED) is 0.131. The third-order valence-corrected chi connectivity index (χ3v) is 6.24. The number of carbonyl (C=O) groups excluding carboxylic acids is 2. The van der Waals surface area contributed by atoms with Gasteiger partial charge in [0.25, 0.3) is 0 Å². The molecule has 0 saturated heterocycles. The molecular formula is C28H48O6. The molecule has 1 aliphatic rings. The van der Waals surface area contributed by atoms with E-state index < -0.39 is 12.2 Å². The second kappa shape index (κ2) is 18.6. The van der Waals surface area contributed by atoms with E-state index in [0.717, 1.165) is 76.2 Å². The molecule has 0 bridgehead atoms. The molecule has 3 atom stereocenters. The van der Waals surface area contributed by atoms with Crippen LogP contribution in [0.2, 0.25) is 0 Å². The minimum atomic E-state index is -0.642. The zero-order valence-electron chi connectivity index (χ0n) is 21.7. The first-order valence-corrected chi connectivity index (χ1v) is 13.5. The zero-order valence-corrected chi connectivity index (χ0v) is 21.7. The fraction of sp³-hybridized carbons (Fsp3) is 0.786. The van der Waals surface area contributed by atoms with Gasteiger partial charge in [-0.05, 0) is 44.1 Å². The van der Waals surface area contributed by atoms with Crippen molar-refractivity contribution in [2.75, 3.05) is 6.61 Å². The van der Waals surface area contributed by atoms with E-state index in [-0.39, 0.29) is 17.9 Å². The van der Waals surface area contributed by atoms with Crippen molar-refractivity contribution in [3.05, 3.63) is 23.5 Å². The molecule has 0 aromatic carbocycles. The first-order chi connectivity index (χ1) is 16.4. The maximum absolute atomic E-state index is 12.1. The first kappa shape index (κ1) is 30.4. The fourth-order valence-corrected chi connectivity index (χ4v) is 4.20. The Balaban J connectivity index is 2.62. The van der Waals surface area contributed by atoms with Crippen LogP contribution in [0.15, 0.2) is 23.5 Å². The van der Waals surface area contributed by atoms with Crippen LogP contribution in [0.1, 0.15) is 117 Å². The lowest BCUT2D eigenvalue weighted by Crippen LogP contribution is -2.15. The van der Waals surface area contributed by atoms with Crippen LogP contribution < -0.4 is 0 Å². The minimum Gasteiger partial charge on any atom is -0.466 e. The van der Waals surface area contributed by atoms with Crippen molar-refractivity contribution >= 4 is 11.9 Å². The molecule has 0 aromatic rings. The molecule has 6 nitrogen and oxygen atoms in total. The van der Waals surface area contributed by atoms with Crippen LogP contribution >= 0.6 is 0 Å². The van der Waals surface area contributed by atoms with Gasteiger partial charge in [0.1, 0.15) is 5.76 Å². The lowest BCUT2D eigenvalue weighted by molar-refractivity contribution is -0.144. The van der Waals surface area contributed by atoms with Gasteiger partial charge in [-0.25, -0.2) is 0 Å². The van der Waals surface area contributed by atoms with E-state index >= 15 is 0 Å². The Bertz CT molecular complexity index is 639. The van der Waals surface area contributed by atoms with Crippen molar-refractivity contribution in [2.24, 2.45) is 5.92 Å². The molecule has 0 saturated carbocycles. The number of carbonyl (C=O) groups is 2. The van der Waals surface area contributed by atoms with Crippen LogP contribution in [-0.2, 0) is 19.1 Å². The molecule has 0 amide bonds. The van der Waals surface area contributed by atoms with Gasteiger partial charge in [0.15, 0.2) is 0 Å². The SMILES string of the molecule is CCCCC[C@H](O)/C=C/[C@@H]1C(CCCCCCC(=O)OCCCC)=C(OC(=O)CCC)C[C@H]1O. The molecule has 6 heteroatoms. The van der Waals surface area contributed by atoms with Crippen LogP contribution in [0, 0.1) is 5.92 Å². The molecule has 0 spiro atoms. The summed E-state index contributed by atoms with van der Waals surface area (Å²) < 4.78 is 10.8. The van der Waals surface area contributed by atoms with Crippen LogP contribution in [0.5, 0.6) is 0 Å². The fourth-order valence-electron chi connectivity index (χ4n) is 4.20. The first-order valence-electron chi connectivity index (χ1n) is 13.5. The summed E-state index contributed by atoms with van der Waals surface area (Å²) in [5.41, 5.74) is 0.966. The Morgan fingerprint density at radius 2 is 1.68 bits per heavy atom. The lowest BCUT2D eigenvalue weighted by Gasteiger charge is -2.16. The average molecular weight is 481 g/mol. The highest BCUT2D eigenvalue weighted by atomic mass is 16.5. The predicted molar refractivity (Wildman–Crippen MR) is 135 cm³/mol. The maximum atomic E-state index is 12.1. The van der Waals surface area contributed by atoms with Gasteiger partial charge in [-0.2, -0.15) is 0 Å². The number of rotatable bonds is 19. The number of ether oxygens (including phenoxy) is 2. The van der Waals surface area contributed by atoms with Crippen molar-refractivity contribution in [3.63, 3.8) is 0 Å². The van der Waals surface area contributed by atoms with E-state index in [9.17, 15) is 19.8 Å². The predicted octanol–water partition coefficient (Wildman–Crippen LogP) is 6.15. The number of aliphatic hydroxyl groups excluding tert-OH is 2. The molecule has 0 aliphatic heterocycles. The second-order valence-corrected chi connectivity index (χ2v) is 9.41. The number of aliphatic hydroxyl groups is 2. The third-order valence-electron chi connectivity index (χ3n) is 6.24. The summed E-state index contributed by atoms with van der Waals surface area (Å²) in [5, 5.41) is 20.9. The number of hydrogen-bond acceptors (Lipinski definition) is 6. The summed E-state index contributed by atoms with van der Waals surface area (Å²) in [6, 6.07) is 0. The average Bonchev–Trinajstić information content (AvgIpc) is 3.08. The molecule has 0 heterocycles. The van der Waals surface area contributed by atoms with E-state index in [0.29, 0.717) is 38.0 Å². The molecule has 1 rings (SSSR count). The topological polar surface area (TPSA) is 93.1 Å². The minimum absolute atomic E-state index is 0.122. The highest BCUT2D eigenvalue weighted by molar-refractivity contribution is 5.70. The van der Waals surface area contributed by atoms with Gasteiger partial charge >= 0.3 is 11.9 Å². The Kier molecular flexibility index (Phi) is 16.7. The summed E-state index contributed by atoms with van der Waals surface area (Å²) in [7, 11) is 0. The summed E-state index contributed by atoms with van der Waals surface area (Å²) in [4.78, 5) is 23.8. The van der Waals surface area contributed by atoms with E-state index in [4.69, 9.17) is 9.47 Å². The molecule has 34 heavy (non-hydrogen) atoms. The van der Waals surface area contributed by atoms with Crippen molar-refractivity contribution in [1.29, 1.82) is 0 Å². The largest absolute Gasteiger partial charge is 0.466 e. The standard InChI is InChI=1S/C28H48O6/c1-4-7-11-15-22(29)18-19-23-24(26(21-25(23)30)34-28(32)14-6-3)16-12-9-10-13-17-27(31)33-20-8-5-2/h18-19,22-23,25,29-30H,4-17,20-21H2,1-3H3/b19-18+/t22-,23+,25+/m0/s1. The van der Waals surface area contributed by atoms with Crippen LogP contribution in [0.3, 0.4) is 0 Å². The Labute approximate surface area is 206 Å². The monoisotopic (exact) mass is 480 g/mol. The molecular weight excluding hydrogens is 432 g/mol. The van der Waals surface area contributed by atoms with E-state index in [1.807, 2.05) is 13.0 Å². The Hall–Kier alpha value is -1.66. The van der Waals surface area contributed by atoms with E-state index in [1.54, 1.807) is 6.08 Å². The van der Waals surface area contributed by atoms with Gasteiger partial charge in [-0.1, -0.05) is 71.4 Å². The van der Waals surface area contributed by atoms with Crippen LogP contribution in [0.4, 0.5) is 0 Å². The van der Waals surface area contributed by atoms with Crippen molar-refractivity contribution in [1.82, 2.24) is 0 Å². The summed E-state index contributed by atoms with van der Waals surface area (Å²) in [6.45, 7) is 6.65. The van der Waals surface area contributed by atoms with Gasteiger partial charge in [-0.15, -0.1) is 0 Å². The normalized spacial score (nSPS) is 19.1. The van der Waals surface area contributed by atoms with Crippen LogP contribution in [0.25, 0.3) is 0 Å². The Morgan fingerprint density at radius 3 is 2.38 bits per heavy atom. The Morgan fingerprint density at radius 1 is 0.941 bits per heavy atom. The van der Waals surface area contributed by atoms with Gasteiger partial charge in [-0.3, -0.25) is 9.59 Å². The summed E-state index contributed by atoms with van der Waals surface area (Å²) in [6.07, 6.45) is 14.5. The van der Waals surface area contributed by atoms with Gasteiger partial charge in [0, 0.05) is 25.2 Å². The number of unbranched alkanes of at least 4 members (excludes halogenated alkanes) is 6. The van der Waals surface area contributed by atoms with Crippen molar-refractivity contribution in [3.8, 4) is 0 Å².